The van der Waals surface area contributed by atoms with Crippen LogP contribution in [0.25, 0.3) is 6.08 Å². The van der Waals surface area contributed by atoms with Crippen molar-refractivity contribution in [1.29, 1.82) is 0 Å². The van der Waals surface area contributed by atoms with Crippen LogP contribution in [-0.4, -0.2) is 44.8 Å². The Bertz CT molecular complexity index is 734. The van der Waals surface area contributed by atoms with Crippen molar-refractivity contribution >= 4 is 34.9 Å². The van der Waals surface area contributed by atoms with E-state index in [1.807, 2.05) is 13.8 Å². The van der Waals surface area contributed by atoms with Crippen LogP contribution in [-0.2, 0) is 9.53 Å². The Kier molecular flexibility index (Phi) is 5.38. The Labute approximate surface area is 144 Å². The average Bonchev–Trinajstić information content (AvgIpc) is 2.97. The zero-order valence-electron chi connectivity index (χ0n) is 14.3. The van der Waals surface area contributed by atoms with Crippen molar-refractivity contribution < 1.29 is 19.5 Å². The predicted molar refractivity (Wildman–Crippen MR) is 93.0 cm³/mol. The molecular formula is C16H21N3O4S. The van der Waals surface area contributed by atoms with Crippen molar-refractivity contribution in [2.24, 2.45) is 5.16 Å². The van der Waals surface area contributed by atoms with Crippen LogP contribution >= 0.6 is 11.8 Å². The molecule has 2 rings (SSSR count). The first-order valence-electron chi connectivity index (χ1n) is 7.63. The van der Waals surface area contributed by atoms with Gasteiger partial charge in [0, 0.05) is 17.4 Å². The number of nitrogens with one attached hydrogen (secondary N) is 1. The van der Waals surface area contributed by atoms with E-state index in [4.69, 9.17) is 9.94 Å². The quantitative estimate of drug-likeness (QED) is 0.376. The van der Waals surface area contributed by atoms with Gasteiger partial charge >= 0.3 is 5.97 Å². The highest BCUT2D eigenvalue weighted by molar-refractivity contribution is 8.18. The monoisotopic (exact) mass is 351 g/mol. The molecule has 1 saturated heterocycles. The molecule has 130 valence electrons. The maximum atomic E-state index is 12.5. The summed E-state index contributed by atoms with van der Waals surface area (Å²) in [6.45, 7) is 9.32. The van der Waals surface area contributed by atoms with Gasteiger partial charge in [0.2, 0.25) is 5.17 Å². The lowest BCUT2D eigenvalue weighted by atomic mass is 10.1. The predicted octanol–water partition coefficient (Wildman–Crippen LogP) is 2.88. The molecule has 1 aromatic rings. The number of amides is 1. The number of esters is 1. The van der Waals surface area contributed by atoms with E-state index >= 15 is 0 Å². The maximum Gasteiger partial charge on any atom is 0.340 e. The number of carbonyl (C=O) groups is 2. The molecule has 8 heteroatoms. The first kappa shape index (κ1) is 18.1. The molecule has 1 aromatic heterocycles. The molecule has 1 fully saturated rings. The number of hydrogen-bond donors (Lipinski definition) is 2. The van der Waals surface area contributed by atoms with Crippen molar-refractivity contribution in [2.75, 3.05) is 6.61 Å². The molecule has 0 aliphatic carbocycles. The van der Waals surface area contributed by atoms with Crippen molar-refractivity contribution in [2.45, 2.75) is 40.7 Å². The third-order valence-corrected chi connectivity index (χ3v) is 4.64. The van der Waals surface area contributed by atoms with Gasteiger partial charge in [-0.25, -0.2) is 4.79 Å². The summed E-state index contributed by atoms with van der Waals surface area (Å²) in [5.74, 6) is -0.618. The summed E-state index contributed by atoms with van der Waals surface area (Å²) >= 11 is 1.09. The molecule has 1 amide bonds. The van der Waals surface area contributed by atoms with Crippen molar-refractivity contribution in [3.8, 4) is 0 Å². The zero-order valence-corrected chi connectivity index (χ0v) is 15.2. The summed E-state index contributed by atoms with van der Waals surface area (Å²) in [6, 6.07) is -0.122. The third kappa shape index (κ3) is 3.19. The summed E-state index contributed by atoms with van der Waals surface area (Å²) in [7, 11) is 0. The van der Waals surface area contributed by atoms with E-state index in [-0.39, 0.29) is 23.1 Å². The minimum atomic E-state index is -0.389. The molecule has 1 aliphatic heterocycles. The summed E-state index contributed by atoms with van der Waals surface area (Å²) in [5, 5.41) is 12.5. The topological polar surface area (TPSA) is 95.0 Å². The largest absolute Gasteiger partial charge is 0.462 e. The van der Waals surface area contributed by atoms with Crippen LogP contribution in [0.4, 0.5) is 0 Å². The first-order valence-corrected chi connectivity index (χ1v) is 8.44. The number of rotatable bonds is 4. The number of amidine groups is 1. The Morgan fingerprint density at radius 1 is 1.46 bits per heavy atom. The molecule has 1 aliphatic rings. The number of ether oxygens (including phenoxy) is 1. The van der Waals surface area contributed by atoms with Crippen LogP contribution < -0.4 is 0 Å². The van der Waals surface area contributed by atoms with Gasteiger partial charge in [0.15, 0.2) is 0 Å². The number of carbonyl (C=O) groups excluding carboxylic acids is 2. The summed E-state index contributed by atoms with van der Waals surface area (Å²) in [5.41, 5.74) is 2.55. The van der Waals surface area contributed by atoms with Crippen LogP contribution in [0.3, 0.4) is 0 Å². The molecule has 24 heavy (non-hydrogen) atoms. The zero-order chi connectivity index (χ0) is 18.0. The number of thioether (sulfide) groups is 1. The Balaban J connectivity index is 2.41. The number of hydrogen-bond acceptors (Lipinski definition) is 6. The highest BCUT2D eigenvalue weighted by Gasteiger charge is 2.36. The van der Waals surface area contributed by atoms with Crippen LogP contribution in [0.1, 0.15) is 48.1 Å². The van der Waals surface area contributed by atoms with Crippen molar-refractivity contribution in [3.63, 3.8) is 0 Å². The SMILES string of the molecule is CCOC(=O)c1c(C)[nH]c(/C=C2\S/C(=N\O)N(C(C)C)C2=O)c1C. The lowest BCUT2D eigenvalue weighted by Crippen LogP contribution is -2.35. The number of H-pyrrole nitrogens is 1. The van der Waals surface area contributed by atoms with Gasteiger partial charge in [-0.1, -0.05) is 5.16 Å². The van der Waals surface area contributed by atoms with Crippen LogP contribution in [0.2, 0.25) is 0 Å². The van der Waals surface area contributed by atoms with Crippen molar-refractivity contribution in [3.05, 3.63) is 27.4 Å². The highest BCUT2D eigenvalue weighted by Crippen LogP contribution is 2.34. The van der Waals surface area contributed by atoms with E-state index < -0.39 is 0 Å². The molecule has 0 bridgehead atoms. The second-order valence-corrected chi connectivity index (χ2v) is 6.66. The van der Waals surface area contributed by atoms with Crippen LogP contribution in [0.5, 0.6) is 0 Å². The molecule has 0 aromatic carbocycles. The Morgan fingerprint density at radius 3 is 2.62 bits per heavy atom. The molecule has 0 atom stereocenters. The minimum absolute atomic E-state index is 0.122. The highest BCUT2D eigenvalue weighted by atomic mass is 32.2. The van der Waals surface area contributed by atoms with E-state index in [2.05, 4.69) is 10.1 Å². The number of aryl methyl sites for hydroxylation is 1. The van der Waals surface area contributed by atoms with Crippen molar-refractivity contribution in [1.82, 2.24) is 9.88 Å². The molecule has 0 radical (unpaired) electrons. The number of aromatic nitrogens is 1. The normalized spacial score (nSPS) is 18.2. The molecule has 0 spiro atoms. The minimum Gasteiger partial charge on any atom is -0.462 e. The Morgan fingerprint density at radius 2 is 2.12 bits per heavy atom. The van der Waals surface area contributed by atoms with E-state index in [0.717, 1.165) is 17.3 Å². The van der Waals surface area contributed by atoms with E-state index in [0.29, 0.717) is 28.5 Å². The maximum absolute atomic E-state index is 12.5. The van der Waals surface area contributed by atoms with Gasteiger partial charge in [-0.15, -0.1) is 0 Å². The Hall–Kier alpha value is -2.22. The molecule has 7 nitrogen and oxygen atoms in total. The second-order valence-electron chi connectivity index (χ2n) is 5.65. The van der Waals surface area contributed by atoms with E-state index in [1.165, 1.54) is 4.90 Å². The number of oxime groups is 1. The van der Waals surface area contributed by atoms with Gasteiger partial charge < -0.3 is 14.9 Å². The summed E-state index contributed by atoms with van der Waals surface area (Å²) in [6.07, 6.45) is 1.67. The van der Waals surface area contributed by atoms with Gasteiger partial charge in [-0.3, -0.25) is 9.69 Å². The fraction of sp³-hybridized carbons (Fsp3) is 0.438. The fourth-order valence-electron chi connectivity index (χ4n) is 2.57. The van der Waals surface area contributed by atoms with Crippen LogP contribution in [0, 0.1) is 13.8 Å². The molecular weight excluding hydrogens is 330 g/mol. The second kappa shape index (κ2) is 7.12. The van der Waals surface area contributed by atoms with Gasteiger partial charge in [0.25, 0.3) is 5.91 Å². The number of aromatic amines is 1. The average molecular weight is 351 g/mol. The fourth-order valence-corrected chi connectivity index (χ4v) is 3.56. The van der Waals surface area contributed by atoms with Gasteiger partial charge in [0.1, 0.15) is 0 Å². The summed E-state index contributed by atoms with van der Waals surface area (Å²) in [4.78, 5) is 29.5. The van der Waals surface area contributed by atoms with Gasteiger partial charge in [-0.05, 0) is 58.0 Å². The van der Waals surface area contributed by atoms with E-state index in [9.17, 15) is 9.59 Å². The number of nitrogens with zero attached hydrogens (tertiary/aromatic N) is 2. The molecule has 2 heterocycles. The molecule has 0 unspecified atom stereocenters. The summed E-state index contributed by atoms with van der Waals surface area (Å²) < 4.78 is 5.06. The van der Waals surface area contributed by atoms with Gasteiger partial charge in [0.05, 0.1) is 17.1 Å². The van der Waals surface area contributed by atoms with Gasteiger partial charge in [-0.2, -0.15) is 0 Å². The smallest absolute Gasteiger partial charge is 0.340 e. The standard InChI is InChI=1S/C16H21N3O4S/c1-6-23-15(21)13-9(4)11(17-10(13)5)7-12-14(20)19(8(2)3)16(18-22)24-12/h7-8,17,22H,6H2,1-5H3/b12-7-,18-16-. The van der Waals surface area contributed by atoms with Crippen LogP contribution in [0.15, 0.2) is 10.1 Å². The first-order chi connectivity index (χ1) is 11.3. The lowest BCUT2D eigenvalue weighted by Gasteiger charge is -2.18. The lowest BCUT2D eigenvalue weighted by molar-refractivity contribution is -0.123. The third-order valence-electron chi connectivity index (χ3n) is 3.67. The molecule has 2 N–H and O–H groups in total. The van der Waals surface area contributed by atoms with E-state index in [1.54, 1.807) is 26.8 Å². The molecule has 0 saturated carbocycles.